The number of aliphatic hydroxyl groups is 1. The van der Waals surface area contributed by atoms with Crippen molar-refractivity contribution in [1.29, 1.82) is 0 Å². The summed E-state index contributed by atoms with van der Waals surface area (Å²) in [6.45, 7) is 0. The first-order valence-corrected chi connectivity index (χ1v) is 8.89. The van der Waals surface area contributed by atoms with Crippen molar-refractivity contribution in [1.82, 2.24) is 0 Å². The third kappa shape index (κ3) is 3.69. The van der Waals surface area contributed by atoms with Crippen LogP contribution in [0.5, 0.6) is 0 Å². The number of hydrogen-bond donors (Lipinski definition) is 1. The van der Waals surface area contributed by atoms with Gasteiger partial charge in [0.1, 0.15) is 5.57 Å². The quantitative estimate of drug-likeness (QED) is 0.635. The Kier molecular flexibility index (Phi) is 5.34. The normalized spacial score (nSPS) is 21.8. The molecule has 4 nitrogen and oxygen atoms in total. The number of carbonyl (C=O) groups is 2. The number of esters is 1. The van der Waals surface area contributed by atoms with Gasteiger partial charge in [0.15, 0.2) is 17.6 Å². The molecule has 0 spiro atoms. The SMILES string of the molecule is O=C1OC(CCCc2ccccc2)C(O)=C1C(=O)C1CCCCC1. The van der Waals surface area contributed by atoms with Crippen LogP contribution in [-0.2, 0) is 20.7 Å². The molecule has 1 fully saturated rings. The molecule has 1 aromatic carbocycles. The highest BCUT2D eigenvalue weighted by Gasteiger charge is 2.40. The summed E-state index contributed by atoms with van der Waals surface area (Å²) in [5, 5.41) is 10.3. The number of ether oxygens (including phenoxy) is 1. The van der Waals surface area contributed by atoms with E-state index in [4.69, 9.17) is 4.74 Å². The molecular formula is C20H24O4. The third-order valence-electron chi connectivity index (χ3n) is 5.01. The topological polar surface area (TPSA) is 63.6 Å². The van der Waals surface area contributed by atoms with Crippen molar-refractivity contribution in [3.63, 3.8) is 0 Å². The van der Waals surface area contributed by atoms with Crippen LogP contribution in [0.3, 0.4) is 0 Å². The van der Waals surface area contributed by atoms with Crippen LogP contribution in [0, 0.1) is 5.92 Å². The third-order valence-corrected chi connectivity index (χ3v) is 5.01. The van der Waals surface area contributed by atoms with Crippen LogP contribution in [0.2, 0.25) is 0 Å². The van der Waals surface area contributed by atoms with Crippen molar-refractivity contribution in [3.05, 3.63) is 47.2 Å². The number of carbonyl (C=O) groups excluding carboxylic acids is 2. The standard InChI is InChI=1S/C20H24O4/c21-18(15-11-5-2-6-12-15)17-19(22)16(24-20(17)23)13-7-10-14-8-3-1-4-9-14/h1,3-4,8-9,15-16,22H,2,5-7,10-13H2. The van der Waals surface area contributed by atoms with Gasteiger partial charge in [0.2, 0.25) is 0 Å². The van der Waals surface area contributed by atoms with Gasteiger partial charge in [-0.25, -0.2) is 4.79 Å². The monoisotopic (exact) mass is 328 g/mol. The van der Waals surface area contributed by atoms with Gasteiger partial charge in [0, 0.05) is 5.92 Å². The molecule has 0 radical (unpaired) electrons. The molecule has 0 bridgehead atoms. The second-order valence-corrected chi connectivity index (χ2v) is 6.73. The Bertz CT molecular complexity index is 626. The second kappa shape index (κ2) is 7.65. The van der Waals surface area contributed by atoms with Gasteiger partial charge in [-0.2, -0.15) is 0 Å². The number of rotatable bonds is 6. The number of ketones is 1. The number of Topliss-reactive ketones (excluding diaryl/α,β-unsaturated/α-hetero) is 1. The van der Waals surface area contributed by atoms with Crippen molar-refractivity contribution in [3.8, 4) is 0 Å². The Morgan fingerprint density at radius 2 is 1.83 bits per heavy atom. The van der Waals surface area contributed by atoms with Crippen molar-refractivity contribution in [2.45, 2.75) is 57.5 Å². The molecule has 1 heterocycles. The first-order chi connectivity index (χ1) is 11.7. The second-order valence-electron chi connectivity index (χ2n) is 6.73. The first-order valence-electron chi connectivity index (χ1n) is 8.89. The van der Waals surface area contributed by atoms with Gasteiger partial charge in [0.05, 0.1) is 0 Å². The van der Waals surface area contributed by atoms with Crippen LogP contribution in [0.25, 0.3) is 0 Å². The Morgan fingerprint density at radius 1 is 1.12 bits per heavy atom. The smallest absolute Gasteiger partial charge is 0.346 e. The summed E-state index contributed by atoms with van der Waals surface area (Å²) in [4.78, 5) is 24.6. The van der Waals surface area contributed by atoms with Crippen LogP contribution in [0.15, 0.2) is 41.7 Å². The number of hydrogen-bond acceptors (Lipinski definition) is 4. The fourth-order valence-electron chi connectivity index (χ4n) is 3.64. The fraction of sp³-hybridized carbons (Fsp3) is 0.500. The number of cyclic esters (lactones) is 1. The molecule has 0 amide bonds. The lowest BCUT2D eigenvalue weighted by atomic mass is 9.83. The van der Waals surface area contributed by atoms with Crippen molar-refractivity contribution in [2.24, 2.45) is 5.92 Å². The maximum atomic E-state index is 12.5. The number of aliphatic hydroxyl groups excluding tert-OH is 1. The summed E-state index contributed by atoms with van der Waals surface area (Å²) in [5.74, 6) is -1.15. The molecule has 1 unspecified atom stereocenters. The van der Waals surface area contributed by atoms with Gasteiger partial charge < -0.3 is 9.84 Å². The molecule has 0 saturated heterocycles. The summed E-state index contributed by atoms with van der Waals surface area (Å²) in [6, 6.07) is 10.1. The van der Waals surface area contributed by atoms with Crippen molar-refractivity contribution in [2.75, 3.05) is 0 Å². The average molecular weight is 328 g/mol. The van der Waals surface area contributed by atoms with Crippen molar-refractivity contribution >= 4 is 11.8 Å². The molecule has 1 aromatic rings. The molecule has 1 aliphatic heterocycles. The summed E-state index contributed by atoms with van der Waals surface area (Å²) in [6.07, 6.45) is 6.30. The predicted octanol–water partition coefficient (Wildman–Crippen LogP) is 3.90. The van der Waals surface area contributed by atoms with Gasteiger partial charge in [-0.3, -0.25) is 4.79 Å². The van der Waals surface area contributed by atoms with Gasteiger partial charge in [-0.1, -0.05) is 49.6 Å². The Labute approximate surface area is 142 Å². The average Bonchev–Trinajstić information content (AvgIpc) is 2.90. The molecule has 1 saturated carbocycles. The van der Waals surface area contributed by atoms with E-state index < -0.39 is 12.1 Å². The molecule has 24 heavy (non-hydrogen) atoms. The molecule has 1 atom stereocenters. The number of benzene rings is 1. The van der Waals surface area contributed by atoms with E-state index in [1.165, 1.54) is 5.56 Å². The zero-order valence-corrected chi connectivity index (χ0v) is 13.9. The summed E-state index contributed by atoms with van der Waals surface area (Å²) in [7, 11) is 0. The van der Waals surface area contributed by atoms with E-state index in [1.807, 2.05) is 30.3 Å². The van der Waals surface area contributed by atoms with Gasteiger partial charge >= 0.3 is 5.97 Å². The van der Waals surface area contributed by atoms with E-state index in [2.05, 4.69) is 0 Å². The lowest BCUT2D eigenvalue weighted by Crippen LogP contribution is -2.23. The highest BCUT2D eigenvalue weighted by Crippen LogP contribution is 2.32. The van der Waals surface area contributed by atoms with Crippen LogP contribution in [0.4, 0.5) is 0 Å². The zero-order valence-electron chi connectivity index (χ0n) is 13.9. The fourth-order valence-corrected chi connectivity index (χ4v) is 3.64. The molecule has 4 heteroatoms. The molecule has 2 aliphatic rings. The minimum absolute atomic E-state index is 0.0911. The van der Waals surface area contributed by atoms with Gasteiger partial charge in [-0.15, -0.1) is 0 Å². The summed E-state index contributed by atoms with van der Waals surface area (Å²) >= 11 is 0. The molecule has 128 valence electrons. The number of aryl methyl sites for hydroxylation is 1. The summed E-state index contributed by atoms with van der Waals surface area (Å²) in [5.41, 5.74) is 1.12. The highest BCUT2D eigenvalue weighted by molar-refractivity contribution is 6.19. The Morgan fingerprint density at radius 3 is 2.54 bits per heavy atom. The first kappa shape index (κ1) is 16.7. The molecule has 1 aliphatic carbocycles. The molecule has 1 N–H and O–H groups in total. The zero-order chi connectivity index (χ0) is 16.9. The molecule has 0 aromatic heterocycles. The summed E-state index contributed by atoms with van der Waals surface area (Å²) < 4.78 is 5.25. The van der Waals surface area contributed by atoms with Crippen molar-refractivity contribution < 1.29 is 19.4 Å². The van der Waals surface area contributed by atoms with E-state index in [0.29, 0.717) is 6.42 Å². The highest BCUT2D eigenvalue weighted by atomic mass is 16.6. The van der Waals surface area contributed by atoms with E-state index >= 15 is 0 Å². The molecular weight excluding hydrogens is 304 g/mol. The minimum atomic E-state index is -0.663. The minimum Gasteiger partial charge on any atom is -0.507 e. The van der Waals surface area contributed by atoms with Crippen LogP contribution in [0.1, 0.15) is 50.5 Å². The largest absolute Gasteiger partial charge is 0.507 e. The van der Waals surface area contributed by atoms with Crippen LogP contribution >= 0.6 is 0 Å². The maximum absolute atomic E-state index is 12.5. The van der Waals surface area contributed by atoms with E-state index in [1.54, 1.807) is 0 Å². The van der Waals surface area contributed by atoms with E-state index in [9.17, 15) is 14.7 Å². The predicted molar refractivity (Wildman–Crippen MR) is 90.5 cm³/mol. The van der Waals surface area contributed by atoms with Gasteiger partial charge in [-0.05, 0) is 37.7 Å². The maximum Gasteiger partial charge on any atom is 0.346 e. The molecule has 3 rings (SSSR count). The van der Waals surface area contributed by atoms with Gasteiger partial charge in [0.25, 0.3) is 0 Å². The van der Waals surface area contributed by atoms with Crippen LogP contribution < -0.4 is 0 Å². The van der Waals surface area contributed by atoms with E-state index in [-0.39, 0.29) is 23.0 Å². The van der Waals surface area contributed by atoms with E-state index in [0.717, 1.165) is 44.9 Å². The lowest BCUT2D eigenvalue weighted by Gasteiger charge is -2.19. The Balaban J connectivity index is 1.60. The van der Waals surface area contributed by atoms with Crippen LogP contribution in [-0.4, -0.2) is 23.0 Å². The lowest BCUT2D eigenvalue weighted by molar-refractivity contribution is -0.141. The Hall–Kier alpha value is -2.10.